The van der Waals surface area contributed by atoms with Crippen LogP contribution in [-0.4, -0.2) is 59.1 Å². The number of hydrogen-bond donors (Lipinski definition) is 0. The lowest BCUT2D eigenvalue weighted by Crippen LogP contribution is -2.53. The van der Waals surface area contributed by atoms with Crippen LogP contribution in [0, 0.1) is 12.8 Å². The van der Waals surface area contributed by atoms with E-state index in [2.05, 4.69) is 10.3 Å². The van der Waals surface area contributed by atoms with Crippen molar-refractivity contribution in [3.05, 3.63) is 11.4 Å². The Bertz CT molecular complexity index is 630. The van der Waals surface area contributed by atoms with Gasteiger partial charge in [-0.3, -0.25) is 4.79 Å². The van der Waals surface area contributed by atoms with Crippen LogP contribution in [0.3, 0.4) is 0 Å². The first-order valence-corrected chi connectivity index (χ1v) is 9.35. The van der Waals surface area contributed by atoms with E-state index in [1.54, 1.807) is 7.11 Å². The zero-order valence-electron chi connectivity index (χ0n) is 15.1. The lowest BCUT2D eigenvalue weighted by atomic mass is 9.79. The van der Waals surface area contributed by atoms with Gasteiger partial charge in [0.25, 0.3) is 0 Å². The predicted octanol–water partition coefficient (Wildman–Crippen LogP) is 1.89. The summed E-state index contributed by atoms with van der Waals surface area (Å²) in [5.74, 6) is 0.837. The molecule has 138 valence electrons. The van der Waals surface area contributed by atoms with Crippen LogP contribution < -0.4 is 0 Å². The number of aromatic nitrogens is 2. The molecule has 0 bridgehead atoms. The van der Waals surface area contributed by atoms with E-state index in [1.807, 2.05) is 11.8 Å². The molecular formula is C18H27N3O4. The van der Waals surface area contributed by atoms with Gasteiger partial charge in [-0.25, -0.2) is 4.63 Å². The lowest BCUT2D eigenvalue weighted by molar-refractivity contribution is -0.141. The molecule has 1 aromatic heterocycles. The summed E-state index contributed by atoms with van der Waals surface area (Å²) in [6, 6.07) is 0.0862. The number of methoxy groups -OCH3 is 1. The van der Waals surface area contributed by atoms with Gasteiger partial charge in [-0.05, 0) is 51.4 Å². The number of nitrogens with zero attached hydrogens (tertiary/aromatic N) is 3. The second kappa shape index (κ2) is 6.68. The maximum Gasteiger partial charge on any atom is 0.229 e. The molecule has 3 atom stereocenters. The van der Waals surface area contributed by atoms with Crippen molar-refractivity contribution in [2.45, 2.75) is 69.6 Å². The number of rotatable bonds is 6. The molecule has 7 heteroatoms. The van der Waals surface area contributed by atoms with Gasteiger partial charge in [0.1, 0.15) is 11.4 Å². The van der Waals surface area contributed by atoms with Gasteiger partial charge in [0.15, 0.2) is 0 Å². The topological polar surface area (TPSA) is 77.7 Å². The first-order valence-electron chi connectivity index (χ1n) is 9.35. The number of hydrogen-bond acceptors (Lipinski definition) is 6. The SMILES string of the molecule is CO[C@@]12CC[C@H](OCC3CC3)C[C@@H]1N(C(=O)Cc1nonc1C)CC2. The number of aryl methyl sites for hydroxylation is 1. The first kappa shape index (κ1) is 17.0. The highest BCUT2D eigenvalue weighted by molar-refractivity contribution is 5.79. The van der Waals surface area contributed by atoms with Gasteiger partial charge >= 0.3 is 0 Å². The molecule has 2 heterocycles. The molecule has 2 aliphatic carbocycles. The Kier molecular flexibility index (Phi) is 4.54. The standard InChI is InChI=1S/C18H27N3O4/c1-12-15(20-25-19-12)10-17(22)21-8-7-18(23-2)6-5-14(9-16(18)21)24-11-13-3-4-13/h13-14,16H,3-11H2,1-2H3/t14-,16-,18+/m0/s1. The van der Waals surface area contributed by atoms with E-state index in [1.165, 1.54) is 12.8 Å². The smallest absolute Gasteiger partial charge is 0.229 e. The van der Waals surface area contributed by atoms with Crippen molar-refractivity contribution in [3.63, 3.8) is 0 Å². The predicted molar refractivity (Wildman–Crippen MR) is 88.9 cm³/mol. The normalized spacial score (nSPS) is 32.0. The molecule has 0 N–H and O–H groups in total. The Balaban J connectivity index is 1.44. The summed E-state index contributed by atoms with van der Waals surface area (Å²) in [5, 5.41) is 7.61. The number of ether oxygens (including phenoxy) is 2. The van der Waals surface area contributed by atoms with Crippen molar-refractivity contribution in [2.75, 3.05) is 20.3 Å². The van der Waals surface area contributed by atoms with E-state index in [-0.39, 0.29) is 30.1 Å². The quantitative estimate of drug-likeness (QED) is 0.780. The minimum Gasteiger partial charge on any atom is -0.378 e. The van der Waals surface area contributed by atoms with Gasteiger partial charge in [0.05, 0.1) is 24.2 Å². The van der Waals surface area contributed by atoms with Gasteiger partial charge < -0.3 is 14.4 Å². The van der Waals surface area contributed by atoms with Crippen LogP contribution >= 0.6 is 0 Å². The van der Waals surface area contributed by atoms with E-state index in [9.17, 15) is 4.79 Å². The van der Waals surface area contributed by atoms with Crippen molar-refractivity contribution in [1.29, 1.82) is 0 Å². The minimum atomic E-state index is -0.216. The summed E-state index contributed by atoms with van der Waals surface area (Å²) in [5.41, 5.74) is 1.09. The summed E-state index contributed by atoms with van der Waals surface area (Å²) in [4.78, 5) is 14.9. The van der Waals surface area contributed by atoms with Gasteiger partial charge in [-0.15, -0.1) is 0 Å². The second-order valence-corrected chi connectivity index (χ2v) is 7.77. The summed E-state index contributed by atoms with van der Waals surface area (Å²) < 4.78 is 16.8. The fourth-order valence-electron chi connectivity index (χ4n) is 4.32. The zero-order chi connectivity index (χ0) is 17.4. The first-order chi connectivity index (χ1) is 12.1. The Morgan fingerprint density at radius 3 is 2.84 bits per heavy atom. The molecule has 0 spiro atoms. The maximum absolute atomic E-state index is 12.9. The van der Waals surface area contributed by atoms with Crippen LogP contribution in [-0.2, 0) is 20.7 Å². The Morgan fingerprint density at radius 1 is 1.32 bits per heavy atom. The van der Waals surface area contributed by atoms with E-state index in [0.29, 0.717) is 11.4 Å². The monoisotopic (exact) mass is 349 g/mol. The highest BCUT2D eigenvalue weighted by Crippen LogP contribution is 2.43. The zero-order valence-corrected chi connectivity index (χ0v) is 15.1. The molecule has 3 aliphatic rings. The average molecular weight is 349 g/mol. The Hall–Kier alpha value is -1.47. The van der Waals surface area contributed by atoms with Gasteiger partial charge in [0, 0.05) is 20.3 Å². The number of amides is 1. The third-order valence-corrected chi connectivity index (χ3v) is 6.19. The van der Waals surface area contributed by atoms with Crippen molar-refractivity contribution in [2.24, 2.45) is 5.92 Å². The van der Waals surface area contributed by atoms with Crippen LogP contribution in [0.2, 0.25) is 0 Å². The van der Waals surface area contributed by atoms with E-state index >= 15 is 0 Å². The molecule has 1 amide bonds. The van der Waals surface area contributed by atoms with Crippen molar-refractivity contribution < 1.29 is 18.9 Å². The third-order valence-electron chi connectivity index (χ3n) is 6.19. The van der Waals surface area contributed by atoms with Crippen molar-refractivity contribution >= 4 is 5.91 Å². The molecule has 0 radical (unpaired) electrons. The highest BCUT2D eigenvalue weighted by Gasteiger charge is 2.52. The molecule has 2 saturated carbocycles. The minimum absolute atomic E-state index is 0.0746. The van der Waals surface area contributed by atoms with Gasteiger partial charge in [0.2, 0.25) is 5.91 Å². The molecular weight excluding hydrogens is 322 g/mol. The fraction of sp³-hybridized carbons (Fsp3) is 0.833. The highest BCUT2D eigenvalue weighted by atomic mass is 16.6. The van der Waals surface area contributed by atoms with E-state index < -0.39 is 0 Å². The van der Waals surface area contributed by atoms with Crippen LogP contribution in [0.5, 0.6) is 0 Å². The van der Waals surface area contributed by atoms with Gasteiger partial charge in [-0.1, -0.05) is 10.3 Å². The molecule has 3 fully saturated rings. The third kappa shape index (κ3) is 3.31. The molecule has 4 rings (SSSR count). The second-order valence-electron chi connectivity index (χ2n) is 7.77. The number of carbonyl (C=O) groups is 1. The summed E-state index contributed by atoms with van der Waals surface area (Å²) in [7, 11) is 1.78. The number of carbonyl (C=O) groups excluding carboxylic acids is 1. The van der Waals surface area contributed by atoms with Crippen LogP contribution in [0.4, 0.5) is 0 Å². The Labute approximate surface area is 148 Å². The number of fused-ring (bicyclic) bond motifs is 1. The lowest BCUT2D eigenvalue weighted by Gasteiger charge is -2.43. The molecule has 1 saturated heterocycles. The average Bonchev–Trinajstić information content (AvgIpc) is 3.25. The molecule has 7 nitrogen and oxygen atoms in total. The van der Waals surface area contributed by atoms with Crippen LogP contribution in [0.15, 0.2) is 4.63 Å². The fourth-order valence-corrected chi connectivity index (χ4v) is 4.32. The van der Waals surface area contributed by atoms with Crippen molar-refractivity contribution in [3.8, 4) is 0 Å². The number of likely N-dealkylation sites (tertiary alicyclic amines) is 1. The maximum atomic E-state index is 12.9. The summed E-state index contributed by atoms with van der Waals surface area (Å²) in [6.07, 6.45) is 6.80. The molecule has 0 aromatic carbocycles. The van der Waals surface area contributed by atoms with Crippen LogP contribution in [0.1, 0.15) is 49.9 Å². The largest absolute Gasteiger partial charge is 0.378 e. The van der Waals surface area contributed by atoms with E-state index in [0.717, 1.165) is 44.8 Å². The summed E-state index contributed by atoms with van der Waals surface area (Å²) in [6.45, 7) is 3.41. The van der Waals surface area contributed by atoms with Crippen LogP contribution in [0.25, 0.3) is 0 Å². The Morgan fingerprint density at radius 2 is 2.16 bits per heavy atom. The van der Waals surface area contributed by atoms with E-state index in [4.69, 9.17) is 14.1 Å². The molecule has 1 aromatic rings. The summed E-state index contributed by atoms with van der Waals surface area (Å²) >= 11 is 0. The van der Waals surface area contributed by atoms with Gasteiger partial charge in [-0.2, -0.15) is 0 Å². The molecule has 25 heavy (non-hydrogen) atoms. The van der Waals surface area contributed by atoms with Crippen molar-refractivity contribution in [1.82, 2.24) is 15.2 Å². The molecule has 0 unspecified atom stereocenters. The molecule has 1 aliphatic heterocycles.